The summed E-state index contributed by atoms with van der Waals surface area (Å²) in [5.41, 5.74) is 0.732. The van der Waals surface area contributed by atoms with Gasteiger partial charge >= 0.3 is 5.97 Å². The highest BCUT2D eigenvalue weighted by atomic mass is 35.5. The molecule has 6 nitrogen and oxygen atoms in total. The number of halogens is 1. The van der Waals surface area contributed by atoms with Crippen LogP contribution in [0.15, 0.2) is 83.7 Å². The minimum Gasteiger partial charge on any atom is -0.490 e. The first-order valence-corrected chi connectivity index (χ1v) is 10.1. The van der Waals surface area contributed by atoms with E-state index in [9.17, 15) is 9.59 Å². The number of benzene rings is 3. The lowest BCUT2D eigenvalue weighted by molar-refractivity contribution is 0.0443. The van der Waals surface area contributed by atoms with E-state index in [-0.39, 0.29) is 31.0 Å². The largest absolute Gasteiger partial charge is 0.490 e. The Morgan fingerprint density at radius 2 is 1.65 bits per heavy atom. The van der Waals surface area contributed by atoms with E-state index >= 15 is 0 Å². The Labute approximate surface area is 183 Å². The van der Waals surface area contributed by atoms with Crippen molar-refractivity contribution in [2.24, 2.45) is 0 Å². The summed E-state index contributed by atoms with van der Waals surface area (Å²) in [5, 5.41) is 5.75. The van der Waals surface area contributed by atoms with Gasteiger partial charge in [0.2, 0.25) is 0 Å². The number of carbonyl (C=O) groups excluding carboxylic acids is 1. The maximum atomic E-state index is 12.9. The molecule has 156 valence electrons. The van der Waals surface area contributed by atoms with Crippen LogP contribution in [-0.2, 0) is 11.3 Å². The Balaban J connectivity index is 1.53. The zero-order valence-corrected chi connectivity index (χ0v) is 17.3. The van der Waals surface area contributed by atoms with E-state index < -0.39 is 5.97 Å². The Morgan fingerprint density at radius 3 is 2.42 bits per heavy atom. The van der Waals surface area contributed by atoms with E-state index in [1.165, 1.54) is 4.68 Å². The van der Waals surface area contributed by atoms with Crippen molar-refractivity contribution in [3.05, 3.63) is 105 Å². The van der Waals surface area contributed by atoms with Crippen molar-refractivity contribution in [3.8, 4) is 5.75 Å². The standard InChI is InChI=1S/C24H19ClN2O4/c25-18-9-6-10-19(15-18)30-13-14-31-24(29)22-20-11-4-5-12-21(20)23(28)27(26-22)16-17-7-2-1-3-8-17/h1-12,15H,13-14,16H2. The molecule has 1 heterocycles. The second-order valence-corrected chi connectivity index (χ2v) is 7.22. The van der Waals surface area contributed by atoms with Crippen molar-refractivity contribution in [1.82, 2.24) is 9.78 Å². The molecule has 0 fully saturated rings. The van der Waals surface area contributed by atoms with E-state index in [2.05, 4.69) is 5.10 Å². The van der Waals surface area contributed by atoms with Crippen LogP contribution < -0.4 is 10.3 Å². The van der Waals surface area contributed by atoms with Gasteiger partial charge in [-0.05, 0) is 29.8 Å². The smallest absolute Gasteiger partial charge is 0.359 e. The lowest BCUT2D eigenvalue weighted by Gasteiger charge is -2.11. The molecule has 0 aliphatic heterocycles. The van der Waals surface area contributed by atoms with E-state index in [0.717, 1.165) is 5.56 Å². The highest BCUT2D eigenvalue weighted by molar-refractivity contribution is 6.30. The second kappa shape index (κ2) is 9.45. The molecule has 0 unspecified atom stereocenters. The number of aromatic nitrogens is 2. The third-order valence-corrected chi connectivity index (χ3v) is 4.85. The average molecular weight is 435 g/mol. The summed E-state index contributed by atoms with van der Waals surface area (Å²) in [6.45, 7) is 0.440. The lowest BCUT2D eigenvalue weighted by Crippen LogP contribution is -2.27. The summed E-state index contributed by atoms with van der Waals surface area (Å²) < 4.78 is 12.2. The van der Waals surface area contributed by atoms with Gasteiger partial charge in [-0.1, -0.05) is 66.2 Å². The number of esters is 1. The molecule has 0 atom stereocenters. The first-order valence-electron chi connectivity index (χ1n) is 9.71. The molecular formula is C24H19ClN2O4. The van der Waals surface area contributed by atoms with Crippen molar-refractivity contribution in [1.29, 1.82) is 0 Å². The number of nitrogens with zero attached hydrogens (tertiary/aromatic N) is 2. The molecule has 0 N–H and O–H groups in total. The fraction of sp³-hybridized carbons (Fsp3) is 0.125. The van der Waals surface area contributed by atoms with Gasteiger partial charge in [0.05, 0.1) is 11.9 Å². The monoisotopic (exact) mass is 434 g/mol. The van der Waals surface area contributed by atoms with Crippen LogP contribution in [0.5, 0.6) is 5.75 Å². The lowest BCUT2D eigenvalue weighted by atomic mass is 10.1. The predicted molar refractivity (Wildman–Crippen MR) is 119 cm³/mol. The van der Waals surface area contributed by atoms with E-state index in [1.54, 1.807) is 48.5 Å². The van der Waals surface area contributed by atoms with Gasteiger partial charge in [-0.25, -0.2) is 9.48 Å². The van der Waals surface area contributed by atoms with Gasteiger partial charge < -0.3 is 9.47 Å². The predicted octanol–water partition coefficient (Wildman–Crippen LogP) is 4.33. The van der Waals surface area contributed by atoms with Crippen molar-refractivity contribution in [3.63, 3.8) is 0 Å². The molecule has 0 radical (unpaired) electrons. The van der Waals surface area contributed by atoms with Crippen molar-refractivity contribution in [2.75, 3.05) is 13.2 Å². The number of hydrogen-bond acceptors (Lipinski definition) is 5. The number of rotatable bonds is 7. The molecule has 0 spiro atoms. The third kappa shape index (κ3) is 4.92. The molecule has 4 aromatic rings. The van der Waals surface area contributed by atoms with Gasteiger partial charge in [0.25, 0.3) is 5.56 Å². The quantitative estimate of drug-likeness (QED) is 0.320. The zero-order chi connectivity index (χ0) is 21.6. The number of ether oxygens (including phenoxy) is 2. The molecule has 0 amide bonds. The fourth-order valence-electron chi connectivity index (χ4n) is 3.17. The zero-order valence-electron chi connectivity index (χ0n) is 16.5. The summed E-state index contributed by atoms with van der Waals surface area (Å²) in [4.78, 5) is 25.6. The molecule has 0 aliphatic carbocycles. The van der Waals surface area contributed by atoms with Gasteiger partial charge in [-0.15, -0.1) is 0 Å². The first-order chi connectivity index (χ1) is 15.1. The molecule has 31 heavy (non-hydrogen) atoms. The highest BCUT2D eigenvalue weighted by Crippen LogP contribution is 2.17. The number of carbonyl (C=O) groups is 1. The van der Waals surface area contributed by atoms with Crippen LogP contribution in [0.4, 0.5) is 0 Å². The second-order valence-electron chi connectivity index (χ2n) is 6.78. The summed E-state index contributed by atoms with van der Waals surface area (Å²) in [6, 6.07) is 23.3. The van der Waals surface area contributed by atoms with Crippen LogP contribution >= 0.6 is 11.6 Å². The SMILES string of the molecule is O=C(OCCOc1cccc(Cl)c1)c1nn(Cc2ccccc2)c(=O)c2ccccc12. The Morgan fingerprint density at radius 1 is 0.903 bits per heavy atom. The van der Waals surface area contributed by atoms with Crippen molar-refractivity contribution < 1.29 is 14.3 Å². The van der Waals surface area contributed by atoms with Crippen LogP contribution in [0.1, 0.15) is 16.1 Å². The summed E-state index contributed by atoms with van der Waals surface area (Å²) >= 11 is 5.93. The normalized spacial score (nSPS) is 10.7. The molecule has 7 heteroatoms. The van der Waals surface area contributed by atoms with Crippen LogP contribution in [0.3, 0.4) is 0 Å². The molecule has 0 aliphatic rings. The van der Waals surface area contributed by atoms with Gasteiger partial charge in [0, 0.05) is 10.4 Å². The Bertz CT molecular complexity index is 1270. The van der Waals surface area contributed by atoms with E-state index in [4.69, 9.17) is 21.1 Å². The van der Waals surface area contributed by atoms with Gasteiger partial charge in [-0.3, -0.25) is 4.79 Å². The van der Waals surface area contributed by atoms with Crippen molar-refractivity contribution >= 4 is 28.3 Å². The minimum atomic E-state index is -0.618. The average Bonchev–Trinajstić information content (AvgIpc) is 2.79. The topological polar surface area (TPSA) is 70.4 Å². The van der Waals surface area contributed by atoms with E-state index in [1.807, 2.05) is 30.3 Å². The molecule has 3 aromatic carbocycles. The molecule has 0 saturated heterocycles. The third-order valence-electron chi connectivity index (χ3n) is 4.62. The maximum absolute atomic E-state index is 12.9. The van der Waals surface area contributed by atoms with Crippen LogP contribution in [-0.4, -0.2) is 29.0 Å². The summed E-state index contributed by atoms with van der Waals surface area (Å²) in [5.74, 6) is -0.0313. The van der Waals surface area contributed by atoms with Gasteiger partial charge in [0.15, 0.2) is 5.69 Å². The maximum Gasteiger partial charge on any atom is 0.359 e. The Hall–Kier alpha value is -3.64. The molecule has 4 rings (SSSR count). The van der Waals surface area contributed by atoms with Crippen molar-refractivity contribution in [2.45, 2.75) is 6.54 Å². The highest BCUT2D eigenvalue weighted by Gasteiger charge is 2.18. The molecule has 1 aromatic heterocycles. The van der Waals surface area contributed by atoms with Crippen LogP contribution in [0.2, 0.25) is 5.02 Å². The fourth-order valence-corrected chi connectivity index (χ4v) is 3.35. The van der Waals surface area contributed by atoms with E-state index in [0.29, 0.717) is 21.5 Å². The molecule has 0 bridgehead atoms. The van der Waals surface area contributed by atoms with Crippen LogP contribution in [0.25, 0.3) is 10.8 Å². The van der Waals surface area contributed by atoms with Gasteiger partial charge in [-0.2, -0.15) is 5.10 Å². The molecule has 0 saturated carbocycles. The van der Waals surface area contributed by atoms with Gasteiger partial charge in [0.1, 0.15) is 19.0 Å². The molecular weight excluding hydrogens is 416 g/mol. The number of fused-ring (bicyclic) bond motifs is 1. The first kappa shape index (κ1) is 20.6. The summed E-state index contributed by atoms with van der Waals surface area (Å²) in [6.07, 6.45) is 0. The Kier molecular flexibility index (Phi) is 6.29. The minimum absolute atomic E-state index is 0.0269. The number of hydrogen-bond donors (Lipinski definition) is 0. The summed E-state index contributed by atoms with van der Waals surface area (Å²) in [7, 11) is 0. The van der Waals surface area contributed by atoms with Crippen LogP contribution in [0, 0.1) is 0 Å².